The van der Waals surface area contributed by atoms with Crippen LogP contribution in [0.4, 0.5) is 0 Å². The van der Waals surface area contributed by atoms with E-state index in [1.165, 1.54) is 18.4 Å². The molecule has 0 aromatic heterocycles. The van der Waals surface area contributed by atoms with Gasteiger partial charge in [0, 0.05) is 5.92 Å². The molecule has 1 aromatic carbocycles. The zero-order chi connectivity index (χ0) is 11.8. The molecule has 0 unspecified atom stereocenters. The van der Waals surface area contributed by atoms with Crippen LogP contribution >= 0.6 is 0 Å². The van der Waals surface area contributed by atoms with Gasteiger partial charge in [0.15, 0.2) is 0 Å². The average Bonchev–Trinajstić information content (AvgIpc) is 2.42. The van der Waals surface area contributed by atoms with Gasteiger partial charge in [-0.05, 0) is 18.4 Å². The molecule has 0 nitrogen and oxygen atoms in total. The minimum Gasteiger partial charge on any atom is -0.0842 e. The minimum absolute atomic E-state index is 0.571. The Labute approximate surface area is 99.7 Å². The fraction of sp³-hybridized carbons (Fsp3) is 0.375. The first-order chi connectivity index (χ1) is 7.88. The summed E-state index contributed by atoms with van der Waals surface area (Å²) in [6, 6.07) is 10.7. The fourth-order valence-corrected chi connectivity index (χ4v) is 1.94. The molecule has 0 saturated heterocycles. The monoisotopic (exact) mass is 214 g/mol. The second kappa shape index (κ2) is 7.05. The van der Waals surface area contributed by atoms with Crippen LogP contribution in [0.5, 0.6) is 0 Å². The van der Waals surface area contributed by atoms with E-state index in [4.69, 9.17) is 0 Å². The van der Waals surface area contributed by atoms with Crippen LogP contribution in [0, 0.1) is 0 Å². The molecule has 0 bridgehead atoms. The number of hydrogen-bond donors (Lipinski definition) is 0. The molecule has 16 heavy (non-hydrogen) atoms. The molecular formula is C16H22. The molecular weight excluding hydrogens is 192 g/mol. The summed E-state index contributed by atoms with van der Waals surface area (Å²) in [7, 11) is 0. The third kappa shape index (κ3) is 3.37. The largest absolute Gasteiger partial charge is 0.0842 e. The molecule has 0 aliphatic heterocycles. The molecule has 0 amide bonds. The lowest BCUT2D eigenvalue weighted by Gasteiger charge is -2.17. The Hall–Kier alpha value is -1.30. The third-order valence-corrected chi connectivity index (χ3v) is 2.90. The average molecular weight is 214 g/mol. The van der Waals surface area contributed by atoms with Crippen molar-refractivity contribution in [3.05, 3.63) is 59.7 Å². The Kier molecular flexibility index (Phi) is 5.63. The molecule has 1 aromatic rings. The summed E-state index contributed by atoms with van der Waals surface area (Å²) in [4.78, 5) is 0. The van der Waals surface area contributed by atoms with Crippen LogP contribution in [-0.2, 0) is 0 Å². The van der Waals surface area contributed by atoms with E-state index in [2.05, 4.69) is 55.5 Å². The maximum Gasteiger partial charge on any atom is 0.00230 e. The van der Waals surface area contributed by atoms with E-state index in [-0.39, 0.29) is 0 Å². The highest BCUT2D eigenvalue weighted by atomic mass is 14.2. The van der Waals surface area contributed by atoms with Gasteiger partial charge in [0.1, 0.15) is 0 Å². The lowest BCUT2D eigenvalue weighted by Crippen LogP contribution is -1.99. The second-order valence-electron chi connectivity index (χ2n) is 3.84. The second-order valence-corrected chi connectivity index (χ2v) is 3.84. The summed E-state index contributed by atoms with van der Waals surface area (Å²) >= 11 is 0. The summed E-state index contributed by atoms with van der Waals surface area (Å²) in [5.41, 5.74) is 2.98. The normalized spacial score (nSPS) is 15.8. The first kappa shape index (κ1) is 12.8. The number of rotatable bonds is 2. The van der Waals surface area contributed by atoms with E-state index in [1.54, 1.807) is 5.57 Å². The Balaban J connectivity index is 0.000000606. The van der Waals surface area contributed by atoms with E-state index in [0.29, 0.717) is 5.92 Å². The van der Waals surface area contributed by atoms with Crippen LogP contribution in [0.1, 0.15) is 45.1 Å². The van der Waals surface area contributed by atoms with Gasteiger partial charge in [0.05, 0.1) is 0 Å². The van der Waals surface area contributed by atoms with Crippen molar-refractivity contribution < 1.29 is 0 Å². The SMILES string of the molecule is CC.C[C@H](C1=CC=CCC1)c1ccccc1. The van der Waals surface area contributed by atoms with Gasteiger partial charge in [-0.25, -0.2) is 0 Å². The number of allylic oxidation sites excluding steroid dienone is 4. The molecule has 0 fully saturated rings. The molecule has 2 rings (SSSR count). The van der Waals surface area contributed by atoms with Crippen LogP contribution in [0.3, 0.4) is 0 Å². The van der Waals surface area contributed by atoms with Crippen molar-refractivity contribution in [2.75, 3.05) is 0 Å². The van der Waals surface area contributed by atoms with Crippen molar-refractivity contribution in [3.63, 3.8) is 0 Å². The zero-order valence-corrected chi connectivity index (χ0v) is 10.6. The lowest BCUT2D eigenvalue weighted by molar-refractivity contribution is 0.799. The van der Waals surface area contributed by atoms with Crippen molar-refractivity contribution in [2.24, 2.45) is 0 Å². The highest BCUT2D eigenvalue weighted by Gasteiger charge is 2.10. The first-order valence-electron chi connectivity index (χ1n) is 6.28. The van der Waals surface area contributed by atoms with Crippen LogP contribution < -0.4 is 0 Å². The first-order valence-corrected chi connectivity index (χ1v) is 6.28. The van der Waals surface area contributed by atoms with Crippen molar-refractivity contribution in [1.82, 2.24) is 0 Å². The van der Waals surface area contributed by atoms with Crippen molar-refractivity contribution >= 4 is 0 Å². The third-order valence-electron chi connectivity index (χ3n) is 2.90. The summed E-state index contributed by atoms with van der Waals surface area (Å²) in [5, 5.41) is 0. The molecule has 1 aliphatic carbocycles. The minimum atomic E-state index is 0.571. The van der Waals surface area contributed by atoms with E-state index in [1.807, 2.05) is 13.8 Å². The highest BCUT2D eigenvalue weighted by Crippen LogP contribution is 2.28. The van der Waals surface area contributed by atoms with Crippen LogP contribution in [0.25, 0.3) is 0 Å². The Morgan fingerprint density at radius 2 is 1.75 bits per heavy atom. The summed E-state index contributed by atoms with van der Waals surface area (Å²) < 4.78 is 0. The van der Waals surface area contributed by atoms with Gasteiger partial charge in [0.25, 0.3) is 0 Å². The lowest BCUT2D eigenvalue weighted by atomic mass is 9.88. The molecule has 0 spiro atoms. The number of benzene rings is 1. The molecule has 0 saturated carbocycles. The predicted octanol–water partition coefficient (Wildman–Crippen LogP) is 5.09. The van der Waals surface area contributed by atoms with Gasteiger partial charge in [-0.2, -0.15) is 0 Å². The molecule has 86 valence electrons. The molecule has 0 N–H and O–H groups in total. The van der Waals surface area contributed by atoms with E-state index >= 15 is 0 Å². The van der Waals surface area contributed by atoms with Crippen molar-refractivity contribution in [2.45, 2.75) is 39.5 Å². The van der Waals surface area contributed by atoms with Crippen LogP contribution in [-0.4, -0.2) is 0 Å². The van der Waals surface area contributed by atoms with Gasteiger partial charge >= 0.3 is 0 Å². The van der Waals surface area contributed by atoms with Crippen molar-refractivity contribution in [1.29, 1.82) is 0 Å². The quantitative estimate of drug-likeness (QED) is 0.643. The summed E-state index contributed by atoms with van der Waals surface area (Å²) in [6.45, 7) is 6.29. The maximum atomic E-state index is 2.29. The standard InChI is InChI=1S/C14H16.C2H6/c1-12(13-8-4-2-5-9-13)14-10-6-3-7-11-14;1-2/h2-6,8-10,12H,7,11H2,1H3;1-2H3/t12-;/m0./s1. The van der Waals surface area contributed by atoms with E-state index in [9.17, 15) is 0 Å². The Morgan fingerprint density at radius 1 is 1.06 bits per heavy atom. The highest BCUT2D eigenvalue weighted by molar-refractivity contribution is 5.31. The topological polar surface area (TPSA) is 0 Å². The van der Waals surface area contributed by atoms with Gasteiger partial charge in [-0.15, -0.1) is 0 Å². The van der Waals surface area contributed by atoms with Gasteiger partial charge < -0.3 is 0 Å². The molecule has 1 atom stereocenters. The van der Waals surface area contributed by atoms with Crippen LogP contribution in [0.15, 0.2) is 54.1 Å². The number of hydrogen-bond acceptors (Lipinski definition) is 0. The van der Waals surface area contributed by atoms with Gasteiger partial charge in [-0.3, -0.25) is 0 Å². The summed E-state index contributed by atoms with van der Waals surface area (Å²) in [6.07, 6.45) is 9.09. The van der Waals surface area contributed by atoms with Crippen LogP contribution in [0.2, 0.25) is 0 Å². The molecule has 0 heterocycles. The Morgan fingerprint density at radius 3 is 2.31 bits per heavy atom. The van der Waals surface area contributed by atoms with E-state index < -0.39 is 0 Å². The maximum absolute atomic E-state index is 2.29. The van der Waals surface area contributed by atoms with E-state index in [0.717, 1.165) is 0 Å². The smallest absolute Gasteiger partial charge is 0.00230 e. The zero-order valence-electron chi connectivity index (χ0n) is 10.6. The molecule has 0 radical (unpaired) electrons. The fourth-order valence-electron chi connectivity index (χ4n) is 1.94. The van der Waals surface area contributed by atoms with Gasteiger partial charge in [0.2, 0.25) is 0 Å². The molecule has 1 aliphatic rings. The van der Waals surface area contributed by atoms with Gasteiger partial charge in [-0.1, -0.05) is 74.9 Å². The Bertz CT molecular complexity index is 344. The van der Waals surface area contributed by atoms with Crippen molar-refractivity contribution in [3.8, 4) is 0 Å². The predicted molar refractivity (Wildman–Crippen MR) is 72.7 cm³/mol. The summed E-state index contributed by atoms with van der Waals surface area (Å²) in [5.74, 6) is 0.571. The molecule has 0 heteroatoms.